The number of hydrogen-bond donors (Lipinski definition) is 0. The molecule has 1 aliphatic rings. The maximum atomic E-state index is 4.78. The molecule has 0 bridgehead atoms. The summed E-state index contributed by atoms with van der Waals surface area (Å²) in [5, 5.41) is 5.65. The minimum atomic E-state index is 0.468. The van der Waals surface area contributed by atoms with Crippen molar-refractivity contribution in [3.05, 3.63) is 47.4 Å². The Hall–Kier alpha value is -2.34. The van der Waals surface area contributed by atoms with Gasteiger partial charge in [0.2, 0.25) is 0 Å². The third-order valence-electron chi connectivity index (χ3n) is 5.03. The Labute approximate surface area is 147 Å². The minimum absolute atomic E-state index is 0.468. The number of nitrogens with zero attached hydrogens (tertiary/aromatic N) is 6. The number of fused-ring (bicyclic) bond motifs is 1. The van der Waals surface area contributed by atoms with Crippen LogP contribution in [0.25, 0.3) is 10.9 Å². The molecule has 0 N–H and O–H groups in total. The number of para-hydroxylation sites is 1. The van der Waals surface area contributed by atoms with Gasteiger partial charge in [-0.1, -0.05) is 18.2 Å². The molecule has 1 saturated heterocycles. The Morgan fingerprint density at radius 3 is 2.72 bits per heavy atom. The maximum Gasteiger partial charge on any atom is 0.147 e. The van der Waals surface area contributed by atoms with Crippen LogP contribution >= 0.6 is 0 Å². The molecule has 0 saturated carbocycles. The van der Waals surface area contributed by atoms with Crippen molar-refractivity contribution in [1.82, 2.24) is 29.6 Å². The molecule has 2 aromatic heterocycles. The van der Waals surface area contributed by atoms with E-state index < -0.39 is 0 Å². The maximum absolute atomic E-state index is 4.78. The van der Waals surface area contributed by atoms with E-state index in [0.29, 0.717) is 6.04 Å². The van der Waals surface area contributed by atoms with Crippen molar-refractivity contribution < 1.29 is 0 Å². The van der Waals surface area contributed by atoms with Crippen LogP contribution in [0.3, 0.4) is 0 Å². The Kier molecular flexibility index (Phi) is 4.21. The molecule has 130 valence electrons. The summed E-state index contributed by atoms with van der Waals surface area (Å²) in [4.78, 5) is 16.4. The molecular weight excluding hydrogens is 312 g/mol. The molecule has 1 fully saturated rings. The number of hydrogen-bond acceptors (Lipinski definition) is 5. The van der Waals surface area contributed by atoms with Gasteiger partial charge in [-0.25, -0.2) is 19.6 Å². The topological polar surface area (TPSA) is 59.7 Å². The van der Waals surface area contributed by atoms with Crippen LogP contribution in [0.1, 0.15) is 36.0 Å². The van der Waals surface area contributed by atoms with E-state index in [1.54, 1.807) is 0 Å². The predicted octanol–water partition coefficient (Wildman–Crippen LogP) is 2.81. The van der Waals surface area contributed by atoms with Crippen molar-refractivity contribution >= 4 is 10.9 Å². The van der Waals surface area contributed by atoms with Gasteiger partial charge in [0.15, 0.2) is 0 Å². The van der Waals surface area contributed by atoms with Crippen LogP contribution in [-0.4, -0.2) is 42.2 Å². The normalized spacial score (nSPS) is 18.3. The second kappa shape index (κ2) is 6.52. The molecule has 0 amide bonds. The van der Waals surface area contributed by atoms with Crippen molar-refractivity contribution in [2.45, 2.75) is 52.7 Å². The van der Waals surface area contributed by atoms with Gasteiger partial charge in [0.25, 0.3) is 0 Å². The molecule has 1 aliphatic heterocycles. The average Bonchev–Trinajstić information content (AvgIpc) is 3.14. The second-order valence-corrected chi connectivity index (χ2v) is 6.90. The molecule has 6 heteroatoms. The first kappa shape index (κ1) is 16.1. The molecule has 1 aromatic carbocycles. The number of aromatic nitrogens is 5. The number of likely N-dealkylation sites (tertiary alicyclic amines) is 1. The van der Waals surface area contributed by atoms with Gasteiger partial charge in [-0.15, -0.1) is 0 Å². The van der Waals surface area contributed by atoms with Crippen molar-refractivity contribution in [2.24, 2.45) is 0 Å². The third kappa shape index (κ3) is 3.26. The lowest BCUT2D eigenvalue weighted by Gasteiger charge is -2.24. The SMILES string of the molecule is Cc1nc(C)n(C[C@H]2CCCN2Cc2nc(C)c3ccccc3n2)n1. The fourth-order valence-electron chi connectivity index (χ4n) is 3.79. The summed E-state index contributed by atoms with van der Waals surface area (Å²) in [6, 6.07) is 8.69. The zero-order valence-electron chi connectivity index (χ0n) is 15.1. The van der Waals surface area contributed by atoms with Crippen molar-refractivity contribution in [3.8, 4) is 0 Å². The van der Waals surface area contributed by atoms with E-state index in [2.05, 4.69) is 34.0 Å². The highest BCUT2D eigenvalue weighted by molar-refractivity contribution is 5.80. The third-order valence-corrected chi connectivity index (χ3v) is 5.03. The first-order valence-electron chi connectivity index (χ1n) is 8.94. The van der Waals surface area contributed by atoms with Gasteiger partial charge in [0, 0.05) is 17.1 Å². The zero-order chi connectivity index (χ0) is 17.4. The molecule has 1 atom stereocenters. The van der Waals surface area contributed by atoms with Gasteiger partial charge >= 0.3 is 0 Å². The molecule has 0 aliphatic carbocycles. The lowest BCUT2D eigenvalue weighted by Crippen LogP contribution is -2.33. The van der Waals surface area contributed by atoms with Gasteiger partial charge in [-0.05, 0) is 46.2 Å². The number of aryl methyl sites for hydroxylation is 3. The highest BCUT2D eigenvalue weighted by atomic mass is 15.4. The fraction of sp³-hybridized carbons (Fsp3) is 0.474. The lowest BCUT2D eigenvalue weighted by atomic mass is 10.2. The lowest BCUT2D eigenvalue weighted by molar-refractivity contribution is 0.213. The summed E-state index contributed by atoms with van der Waals surface area (Å²) in [6.07, 6.45) is 2.40. The highest BCUT2D eigenvalue weighted by Crippen LogP contribution is 2.22. The van der Waals surface area contributed by atoms with E-state index >= 15 is 0 Å². The molecule has 4 rings (SSSR count). The van der Waals surface area contributed by atoms with E-state index in [1.807, 2.05) is 30.7 Å². The van der Waals surface area contributed by atoms with Crippen molar-refractivity contribution in [3.63, 3.8) is 0 Å². The van der Waals surface area contributed by atoms with Crippen LogP contribution in [0.2, 0.25) is 0 Å². The largest absolute Gasteiger partial charge is 0.291 e. The summed E-state index contributed by atoms with van der Waals surface area (Å²) in [5.41, 5.74) is 2.09. The summed E-state index contributed by atoms with van der Waals surface area (Å²) in [6.45, 7) is 8.81. The van der Waals surface area contributed by atoms with E-state index in [1.165, 1.54) is 12.8 Å². The van der Waals surface area contributed by atoms with E-state index in [9.17, 15) is 0 Å². The zero-order valence-corrected chi connectivity index (χ0v) is 15.1. The Morgan fingerprint density at radius 1 is 1.08 bits per heavy atom. The molecule has 0 spiro atoms. The summed E-state index contributed by atoms with van der Waals surface area (Å²) >= 11 is 0. The smallest absolute Gasteiger partial charge is 0.147 e. The fourth-order valence-corrected chi connectivity index (χ4v) is 3.79. The van der Waals surface area contributed by atoms with Gasteiger partial charge in [0.05, 0.1) is 18.6 Å². The Bertz CT molecular complexity index is 900. The molecule has 0 unspecified atom stereocenters. The van der Waals surface area contributed by atoms with E-state index in [-0.39, 0.29) is 0 Å². The van der Waals surface area contributed by atoms with E-state index in [4.69, 9.17) is 9.97 Å². The first-order valence-corrected chi connectivity index (χ1v) is 8.94. The second-order valence-electron chi connectivity index (χ2n) is 6.90. The molecular formula is C19H24N6. The monoisotopic (exact) mass is 336 g/mol. The van der Waals surface area contributed by atoms with Crippen LogP contribution in [-0.2, 0) is 13.1 Å². The van der Waals surface area contributed by atoms with Gasteiger partial charge < -0.3 is 0 Å². The van der Waals surface area contributed by atoms with E-state index in [0.717, 1.165) is 53.7 Å². The molecule has 3 heterocycles. The standard InChI is InChI=1S/C19H24N6/c1-13-17-8-4-5-9-18(17)22-19(20-13)12-24-10-6-7-16(24)11-25-15(3)21-14(2)23-25/h4-5,8-9,16H,6-7,10-12H2,1-3H3/t16-/m1/s1. The summed E-state index contributed by atoms with van der Waals surface area (Å²) < 4.78 is 2.03. The van der Waals surface area contributed by atoms with Gasteiger partial charge in [-0.2, -0.15) is 5.10 Å². The van der Waals surface area contributed by atoms with Gasteiger partial charge in [-0.3, -0.25) is 4.90 Å². The highest BCUT2D eigenvalue weighted by Gasteiger charge is 2.26. The van der Waals surface area contributed by atoms with Crippen LogP contribution in [0.4, 0.5) is 0 Å². The first-order chi connectivity index (χ1) is 12.1. The average molecular weight is 336 g/mol. The number of rotatable bonds is 4. The molecule has 25 heavy (non-hydrogen) atoms. The van der Waals surface area contributed by atoms with Crippen LogP contribution in [0, 0.1) is 20.8 Å². The van der Waals surface area contributed by atoms with Crippen molar-refractivity contribution in [1.29, 1.82) is 0 Å². The molecule has 3 aromatic rings. The van der Waals surface area contributed by atoms with Gasteiger partial charge in [0.1, 0.15) is 17.5 Å². The quantitative estimate of drug-likeness (QED) is 0.733. The summed E-state index contributed by atoms with van der Waals surface area (Å²) in [7, 11) is 0. The van der Waals surface area contributed by atoms with Crippen LogP contribution in [0.15, 0.2) is 24.3 Å². The van der Waals surface area contributed by atoms with Crippen LogP contribution < -0.4 is 0 Å². The molecule has 6 nitrogen and oxygen atoms in total. The molecule has 0 radical (unpaired) electrons. The minimum Gasteiger partial charge on any atom is -0.291 e. The number of benzene rings is 1. The predicted molar refractivity (Wildman–Crippen MR) is 97.2 cm³/mol. The van der Waals surface area contributed by atoms with Crippen LogP contribution in [0.5, 0.6) is 0 Å². The summed E-state index contributed by atoms with van der Waals surface area (Å²) in [5.74, 6) is 2.74. The van der Waals surface area contributed by atoms with Crippen molar-refractivity contribution in [2.75, 3.05) is 6.54 Å². The Morgan fingerprint density at radius 2 is 1.92 bits per heavy atom. The Balaban J connectivity index is 1.54.